The molecular formula is C13H15BrN2O5. The third-order valence-electron chi connectivity index (χ3n) is 2.42. The molecule has 0 heterocycles. The van der Waals surface area contributed by atoms with Crippen LogP contribution in [0.15, 0.2) is 22.7 Å². The number of rotatable bonds is 5. The second-order valence-corrected chi connectivity index (χ2v) is 4.91. The molecule has 3 N–H and O–H groups in total. The van der Waals surface area contributed by atoms with Gasteiger partial charge in [-0.25, -0.2) is 9.59 Å². The first-order valence-electron chi connectivity index (χ1n) is 6.13. The van der Waals surface area contributed by atoms with Crippen LogP contribution in [0.2, 0.25) is 0 Å². The van der Waals surface area contributed by atoms with E-state index in [0.717, 1.165) is 0 Å². The van der Waals surface area contributed by atoms with E-state index in [2.05, 4.69) is 26.6 Å². The van der Waals surface area contributed by atoms with Crippen molar-refractivity contribution < 1.29 is 24.2 Å². The zero-order chi connectivity index (χ0) is 16.0. The number of carboxylic acids is 1. The van der Waals surface area contributed by atoms with Crippen LogP contribution in [0.25, 0.3) is 0 Å². The van der Waals surface area contributed by atoms with Gasteiger partial charge in [0.2, 0.25) is 0 Å². The zero-order valence-electron chi connectivity index (χ0n) is 11.5. The Morgan fingerprint density at radius 2 is 2.05 bits per heavy atom. The van der Waals surface area contributed by atoms with Crippen molar-refractivity contribution >= 4 is 33.8 Å². The number of ether oxygens (including phenoxy) is 1. The molecule has 0 spiro atoms. The van der Waals surface area contributed by atoms with E-state index in [1.54, 1.807) is 6.92 Å². The maximum atomic E-state index is 11.7. The summed E-state index contributed by atoms with van der Waals surface area (Å²) in [7, 11) is 0. The summed E-state index contributed by atoms with van der Waals surface area (Å²) < 4.78 is 5.73. The van der Waals surface area contributed by atoms with Crippen molar-refractivity contribution in [3.05, 3.63) is 28.2 Å². The van der Waals surface area contributed by atoms with Crippen LogP contribution in [0.1, 0.15) is 24.2 Å². The number of urea groups is 1. The molecule has 0 radical (unpaired) electrons. The van der Waals surface area contributed by atoms with Crippen molar-refractivity contribution in [2.45, 2.75) is 20.0 Å². The first kappa shape index (κ1) is 17.0. The van der Waals surface area contributed by atoms with Gasteiger partial charge in [0.25, 0.3) is 5.91 Å². The number of benzene rings is 1. The molecule has 21 heavy (non-hydrogen) atoms. The normalized spacial score (nSPS) is 11.4. The van der Waals surface area contributed by atoms with Crippen LogP contribution in [-0.4, -0.2) is 35.7 Å². The van der Waals surface area contributed by atoms with Crippen molar-refractivity contribution in [3.8, 4) is 5.75 Å². The van der Waals surface area contributed by atoms with Gasteiger partial charge in [-0.3, -0.25) is 10.1 Å². The molecule has 0 saturated heterocycles. The molecular weight excluding hydrogens is 344 g/mol. The Hall–Kier alpha value is -2.09. The van der Waals surface area contributed by atoms with Gasteiger partial charge < -0.3 is 15.2 Å². The van der Waals surface area contributed by atoms with Crippen LogP contribution in [-0.2, 0) is 4.79 Å². The van der Waals surface area contributed by atoms with E-state index >= 15 is 0 Å². The summed E-state index contributed by atoms with van der Waals surface area (Å²) in [5.74, 6) is -1.53. The van der Waals surface area contributed by atoms with Crippen LogP contribution in [0.5, 0.6) is 5.75 Å². The Kier molecular flexibility index (Phi) is 6.16. The lowest BCUT2D eigenvalue weighted by molar-refractivity contribution is -0.126. The molecule has 7 nitrogen and oxygen atoms in total. The smallest absolute Gasteiger partial charge is 0.336 e. The molecule has 0 aliphatic carbocycles. The third-order valence-corrected chi connectivity index (χ3v) is 3.12. The standard InChI is InChI=1S/C13H15BrN2O5/c1-3-15-13(20)16-11(17)7(2)21-8-4-5-10(14)9(6-8)12(18)19/h4-7H,3H2,1-2H3,(H,18,19)(H2,15,16,17,20). The van der Waals surface area contributed by atoms with Crippen LogP contribution in [0.4, 0.5) is 4.79 Å². The van der Waals surface area contributed by atoms with Gasteiger partial charge in [0.15, 0.2) is 6.10 Å². The van der Waals surface area contributed by atoms with Crippen LogP contribution < -0.4 is 15.4 Å². The first-order chi connectivity index (χ1) is 9.85. The minimum absolute atomic E-state index is 0.0174. The van der Waals surface area contributed by atoms with E-state index in [0.29, 0.717) is 11.0 Å². The highest BCUT2D eigenvalue weighted by Crippen LogP contribution is 2.23. The Labute approximate surface area is 129 Å². The lowest BCUT2D eigenvalue weighted by Gasteiger charge is -2.15. The van der Waals surface area contributed by atoms with E-state index in [4.69, 9.17) is 9.84 Å². The van der Waals surface area contributed by atoms with Crippen LogP contribution in [0, 0.1) is 0 Å². The number of carbonyl (C=O) groups excluding carboxylic acids is 2. The summed E-state index contributed by atoms with van der Waals surface area (Å²) in [4.78, 5) is 33.9. The van der Waals surface area contributed by atoms with E-state index in [1.807, 2.05) is 0 Å². The quantitative estimate of drug-likeness (QED) is 0.743. The minimum atomic E-state index is -1.12. The average molecular weight is 359 g/mol. The summed E-state index contributed by atoms with van der Waals surface area (Å²) in [6.45, 7) is 3.57. The summed E-state index contributed by atoms with van der Waals surface area (Å²) in [6, 6.07) is 3.71. The SMILES string of the molecule is CCNC(=O)NC(=O)C(C)Oc1ccc(Br)c(C(=O)O)c1. The molecule has 1 rings (SSSR count). The number of halogens is 1. The number of nitrogens with one attached hydrogen (secondary N) is 2. The molecule has 8 heteroatoms. The van der Waals surface area contributed by atoms with Crippen molar-refractivity contribution in [1.29, 1.82) is 0 Å². The van der Waals surface area contributed by atoms with Gasteiger partial charge in [-0.2, -0.15) is 0 Å². The van der Waals surface area contributed by atoms with Gasteiger partial charge in [0.1, 0.15) is 5.75 Å². The molecule has 114 valence electrons. The molecule has 1 atom stereocenters. The van der Waals surface area contributed by atoms with Crippen molar-refractivity contribution in [1.82, 2.24) is 10.6 Å². The lowest BCUT2D eigenvalue weighted by Crippen LogP contribution is -2.45. The van der Waals surface area contributed by atoms with Crippen LogP contribution in [0.3, 0.4) is 0 Å². The fourth-order valence-electron chi connectivity index (χ4n) is 1.42. The predicted molar refractivity (Wildman–Crippen MR) is 78.4 cm³/mol. The molecule has 0 aromatic heterocycles. The summed E-state index contributed by atoms with van der Waals surface area (Å²) in [5, 5.41) is 13.5. The van der Waals surface area contributed by atoms with Crippen LogP contribution >= 0.6 is 15.9 Å². The highest BCUT2D eigenvalue weighted by atomic mass is 79.9. The molecule has 0 fully saturated rings. The van der Waals surface area contributed by atoms with Crippen molar-refractivity contribution in [2.75, 3.05) is 6.54 Å². The molecule has 1 unspecified atom stereocenters. The van der Waals surface area contributed by atoms with E-state index in [-0.39, 0.29) is 11.3 Å². The zero-order valence-corrected chi connectivity index (χ0v) is 13.1. The Bertz CT molecular complexity index is 561. The Morgan fingerprint density at radius 1 is 1.38 bits per heavy atom. The number of carboxylic acid groups (broad SMARTS) is 1. The van der Waals surface area contributed by atoms with Crippen molar-refractivity contribution in [3.63, 3.8) is 0 Å². The summed E-state index contributed by atoms with van der Waals surface area (Å²) in [5.41, 5.74) is 0.0174. The summed E-state index contributed by atoms with van der Waals surface area (Å²) in [6.07, 6.45) is -0.949. The van der Waals surface area contributed by atoms with E-state index in [1.165, 1.54) is 25.1 Å². The molecule has 1 aromatic rings. The molecule has 3 amide bonds. The third kappa shape index (κ3) is 5.07. The molecule has 1 aromatic carbocycles. The second kappa shape index (κ2) is 7.63. The predicted octanol–water partition coefficient (Wildman–Crippen LogP) is 1.76. The Balaban J connectivity index is 2.72. The number of hydrogen-bond acceptors (Lipinski definition) is 4. The fourth-order valence-corrected chi connectivity index (χ4v) is 1.83. The summed E-state index contributed by atoms with van der Waals surface area (Å²) >= 11 is 3.11. The van der Waals surface area contributed by atoms with Gasteiger partial charge in [0, 0.05) is 11.0 Å². The monoisotopic (exact) mass is 358 g/mol. The van der Waals surface area contributed by atoms with Crippen molar-refractivity contribution in [2.24, 2.45) is 0 Å². The van der Waals surface area contributed by atoms with E-state index in [9.17, 15) is 14.4 Å². The largest absolute Gasteiger partial charge is 0.481 e. The van der Waals surface area contributed by atoms with Gasteiger partial charge >= 0.3 is 12.0 Å². The number of amides is 3. The van der Waals surface area contributed by atoms with E-state index < -0.39 is 24.0 Å². The van der Waals surface area contributed by atoms with Gasteiger partial charge in [-0.1, -0.05) is 0 Å². The number of imide groups is 1. The lowest BCUT2D eigenvalue weighted by atomic mass is 10.2. The average Bonchev–Trinajstić information content (AvgIpc) is 2.40. The molecule has 0 bridgehead atoms. The topological polar surface area (TPSA) is 105 Å². The number of hydrogen-bond donors (Lipinski definition) is 3. The minimum Gasteiger partial charge on any atom is -0.481 e. The number of carbonyl (C=O) groups is 3. The maximum Gasteiger partial charge on any atom is 0.336 e. The van der Waals surface area contributed by atoms with Gasteiger partial charge in [0.05, 0.1) is 5.56 Å². The first-order valence-corrected chi connectivity index (χ1v) is 6.92. The highest BCUT2D eigenvalue weighted by molar-refractivity contribution is 9.10. The van der Waals surface area contributed by atoms with Gasteiger partial charge in [-0.15, -0.1) is 0 Å². The maximum absolute atomic E-state index is 11.7. The second-order valence-electron chi connectivity index (χ2n) is 4.06. The molecule has 0 saturated carbocycles. The molecule has 0 aliphatic rings. The number of aromatic carboxylic acids is 1. The fraction of sp³-hybridized carbons (Fsp3) is 0.308. The Morgan fingerprint density at radius 3 is 2.62 bits per heavy atom. The highest BCUT2D eigenvalue weighted by Gasteiger charge is 2.18. The molecule has 0 aliphatic heterocycles. The van der Waals surface area contributed by atoms with Gasteiger partial charge in [-0.05, 0) is 48.0 Å².